The third-order valence-corrected chi connectivity index (χ3v) is 2.87. The number of Topliss-reactive ketones (excluding diaryl/α,β-unsaturated/α-hetero) is 1. The maximum absolute atomic E-state index is 11.0. The van der Waals surface area contributed by atoms with Crippen LogP contribution in [0.1, 0.15) is 52.4 Å². The van der Waals surface area contributed by atoms with Crippen molar-refractivity contribution in [2.75, 3.05) is 0 Å². The molecule has 0 spiro atoms. The van der Waals surface area contributed by atoms with Crippen LogP contribution in [0.25, 0.3) is 0 Å². The van der Waals surface area contributed by atoms with Crippen molar-refractivity contribution < 1.29 is 4.79 Å². The van der Waals surface area contributed by atoms with Gasteiger partial charge in [-0.05, 0) is 24.7 Å². The van der Waals surface area contributed by atoms with Crippen molar-refractivity contribution in [1.82, 2.24) is 0 Å². The Bertz CT molecular complexity index is 139. The number of carbonyl (C=O) groups excluding carboxylic acids is 1. The van der Waals surface area contributed by atoms with Gasteiger partial charge in [0.05, 0.1) is 0 Å². The van der Waals surface area contributed by atoms with Gasteiger partial charge >= 0.3 is 0 Å². The summed E-state index contributed by atoms with van der Waals surface area (Å²) < 4.78 is 0. The summed E-state index contributed by atoms with van der Waals surface area (Å²) in [5.74, 6) is 0.471. The lowest BCUT2D eigenvalue weighted by atomic mass is 9.72. The second kappa shape index (κ2) is 3.38. The SMILES string of the molecule is CCCC1(C)CCC(=O)CC1. The standard InChI is InChI=1S/C10H18O/c1-3-6-10(2)7-4-9(11)5-8-10/h3-8H2,1-2H3. The number of hydrogen-bond donors (Lipinski definition) is 0. The van der Waals surface area contributed by atoms with Gasteiger partial charge in [-0.3, -0.25) is 4.79 Å². The van der Waals surface area contributed by atoms with E-state index in [1.165, 1.54) is 12.8 Å². The van der Waals surface area contributed by atoms with Gasteiger partial charge < -0.3 is 0 Å². The van der Waals surface area contributed by atoms with Crippen LogP contribution in [0, 0.1) is 5.41 Å². The third-order valence-electron chi connectivity index (χ3n) is 2.87. The fourth-order valence-corrected chi connectivity index (χ4v) is 1.99. The van der Waals surface area contributed by atoms with Gasteiger partial charge in [-0.15, -0.1) is 0 Å². The summed E-state index contributed by atoms with van der Waals surface area (Å²) in [5.41, 5.74) is 0.489. The van der Waals surface area contributed by atoms with E-state index in [0.717, 1.165) is 25.7 Å². The third kappa shape index (κ3) is 2.32. The molecule has 0 radical (unpaired) electrons. The topological polar surface area (TPSA) is 17.1 Å². The molecule has 1 nitrogen and oxygen atoms in total. The zero-order chi connectivity index (χ0) is 8.32. The predicted octanol–water partition coefficient (Wildman–Crippen LogP) is 2.94. The summed E-state index contributed by atoms with van der Waals surface area (Å²) in [7, 11) is 0. The first-order chi connectivity index (χ1) is 5.16. The van der Waals surface area contributed by atoms with E-state index in [9.17, 15) is 4.79 Å². The van der Waals surface area contributed by atoms with Crippen LogP contribution in [0.5, 0.6) is 0 Å². The summed E-state index contributed by atoms with van der Waals surface area (Å²) >= 11 is 0. The van der Waals surface area contributed by atoms with Crippen LogP contribution in [0.3, 0.4) is 0 Å². The average molecular weight is 154 g/mol. The van der Waals surface area contributed by atoms with Crippen LogP contribution in [0.15, 0.2) is 0 Å². The highest BCUT2D eigenvalue weighted by Crippen LogP contribution is 2.38. The Balaban J connectivity index is 2.41. The van der Waals surface area contributed by atoms with Crippen molar-refractivity contribution in [3.05, 3.63) is 0 Å². The first-order valence-electron chi connectivity index (χ1n) is 4.68. The second-order valence-corrected chi connectivity index (χ2v) is 4.10. The van der Waals surface area contributed by atoms with Gasteiger partial charge in [0.2, 0.25) is 0 Å². The lowest BCUT2D eigenvalue weighted by Crippen LogP contribution is -2.24. The molecule has 0 N–H and O–H groups in total. The zero-order valence-corrected chi connectivity index (χ0v) is 7.65. The van der Waals surface area contributed by atoms with E-state index in [1.54, 1.807) is 0 Å². The van der Waals surface area contributed by atoms with Crippen LogP contribution in [0.2, 0.25) is 0 Å². The Kier molecular flexibility index (Phi) is 2.69. The molecule has 11 heavy (non-hydrogen) atoms. The fraction of sp³-hybridized carbons (Fsp3) is 0.900. The maximum Gasteiger partial charge on any atom is 0.132 e. The van der Waals surface area contributed by atoms with Gasteiger partial charge in [0.25, 0.3) is 0 Å². The monoisotopic (exact) mass is 154 g/mol. The summed E-state index contributed by atoms with van der Waals surface area (Å²) in [5, 5.41) is 0. The molecule has 0 saturated heterocycles. The Hall–Kier alpha value is -0.330. The normalized spacial score (nSPS) is 23.6. The Morgan fingerprint density at radius 1 is 1.36 bits per heavy atom. The molecule has 1 rings (SSSR count). The van der Waals surface area contributed by atoms with Gasteiger partial charge in [-0.25, -0.2) is 0 Å². The molecule has 0 heterocycles. The number of hydrogen-bond acceptors (Lipinski definition) is 1. The summed E-state index contributed by atoms with van der Waals surface area (Å²) in [6, 6.07) is 0. The molecule has 0 aromatic heterocycles. The molecule has 0 aliphatic heterocycles. The molecule has 1 heteroatoms. The summed E-state index contributed by atoms with van der Waals surface area (Å²) in [6.07, 6.45) is 6.46. The maximum atomic E-state index is 11.0. The molecule has 0 aromatic carbocycles. The first-order valence-corrected chi connectivity index (χ1v) is 4.68. The summed E-state index contributed by atoms with van der Waals surface area (Å²) in [6.45, 7) is 4.55. The van der Waals surface area contributed by atoms with Crippen LogP contribution in [0.4, 0.5) is 0 Å². The molecule has 0 atom stereocenters. The Morgan fingerprint density at radius 2 is 1.91 bits per heavy atom. The van der Waals surface area contributed by atoms with Gasteiger partial charge in [-0.2, -0.15) is 0 Å². The molecule has 64 valence electrons. The molecule has 0 aromatic rings. The lowest BCUT2D eigenvalue weighted by molar-refractivity contribution is -0.122. The van der Waals surface area contributed by atoms with Crippen molar-refractivity contribution in [2.45, 2.75) is 52.4 Å². The van der Waals surface area contributed by atoms with E-state index in [-0.39, 0.29) is 0 Å². The van der Waals surface area contributed by atoms with Crippen LogP contribution >= 0.6 is 0 Å². The quantitative estimate of drug-likeness (QED) is 0.597. The Morgan fingerprint density at radius 3 is 2.36 bits per heavy atom. The molecule has 1 aliphatic carbocycles. The minimum Gasteiger partial charge on any atom is -0.300 e. The van der Waals surface area contributed by atoms with E-state index in [0.29, 0.717) is 11.2 Å². The molecular weight excluding hydrogens is 136 g/mol. The largest absolute Gasteiger partial charge is 0.300 e. The molecule has 0 unspecified atom stereocenters. The molecule has 0 amide bonds. The molecule has 1 saturated carbocycles. The van der Waals surface area contributed by atoms with Crippen LogP contribution in [-0.4, -0.2) is 5.78 Å². The number of carbonyl (C=O) groups is 1. The van der Waals surface area contributed by atoms with Gasteiger partial charge in [0.15, 0.2) is 0 Å². The van der Waals surface area contributed by atoms with Crippen LogP contribution in [-0.2, 0) is 4.79 Å². The van der Waals surface area contributed by atoms with Crippen molar-refractivity contribution in [3.8, 4) is 0 Å². The van der Waals surface area contributed by atoms with Crippen LogP contribution < -0.4 is 0 Å². The van der Waals surface area contributed by atoms with Crippen molar-refractivity contribution in [3.63, 3.8) is 0 Å². The molecular formula is C10H18O. The molecule has 1 aliphatic rings. The van der Waals surface area contributed by atoms with Gasteiger partial charge in [-0.1, -0.05) is 20.3 Å². The summed E-state index contributed by atoms with van der Waals surface area (Å²) in [4.78, 5) is 11.0. The van der Waals surface area contributed by atoms with Crippen molar-refractivity contribution >= 4 is 5.78 Å². The van der Waals surface area contributed by atoms with E-state index >= 15 is 0 Å². The number of ketones is 1. The van der Waals surface area contributed by atoms with E-state index in [4.69, 9.17) is 0 Å². The highest BCUT2D eigenvalue weighted by atomic mass is 16.1. The zero-order valence-electron chi connectivity index (χ0n) is 7.65. The minimum atomic E-state index is 0.471. The highest BCUT2D eigenvalue weighted by Gasteiger charge is 2.28. The van der Waals surface area contributed by atoms with Gasteiger partial charge in [0, 0.05) is 12.8 Å². The predicted molar refractivity (Wildman–Crippen MR) is 46.5 cm³/mol. The second-order valence-electron chi connectivity index (χ2n) is 4.10. The van der Waals surface area contributed by atoms with Gasteiger partial charge in [0.1, 0.15) is 5.78 Å². The lowest BCUT2D eigenvalue weighted by Gasteiger charge is -2.32. The number of rotatable bonds is 2. The van der Waals surface area contributed by atoms with E-state index < -0.39 is 0 Å². The average Bonchev–Trinajstić information content (AvgIpc) is 1.97. The Labute approximate surface area is 69.2 Å². The molecule has 1 fully saturated rings. The first kappa shape index (κ1) is 8.76. The van der Waals surface area contributed by atoms with Crippen molar-refractivity contribution in [1.29, 1.82) is 0 Å². The minimum absolute atomic E-state index is 0.471. The van der Waals surface area contributed by atoms with Crippen molar-refractivity contribution in [2.24, 2.45) is 5.41 Å². The fourth-order valence-electron chi connectivity index (χ4n) is 1.99. The molecule has 0 bridgehead atoms. The van der Waals surface area contributed by atoms with E-state index in [2.05, 4.69) is 13.8 Å². The smallest absolute Gasteiger partial charge is 0.132 e. The van der Waals surface area contributed by atoms with E-state index in [1.807, 2.05) is 0 Å². The highest BCUT2D eigenvalue weighted by molar-refractivity contribution is 5.79.